The number of amides is 2. The first-order valence-electron chi connectivity index (χ1n) is 8.75. The Balaban J connectivity index is 1.56. The molecule has 2 heterocycles. The molecule has 1 aromatic carbocycles. The highest BCUT2D eigenvalue weighted by Gasteiger charge is 2.33. The van der Waals surface area contributed by atoms with Crippen LogP contribution in [0.2, 0.25) is 0 Å². The molecular formula is C19H18F3N5O2. The molecule has 29 heavy (non-hydrogen) atoms. The topological polar surface area (TPSA) is 87.2 Å². The van der Waals surface area contributed by atoms with Crippen LogP contribution in [-0.4, -0.2) is 45.8 Å². The number of aromatic nitrogens is 2. The van der Waals surface area contributed by atoms with Gasteiger partial charge in [0.1, 0.15) is 5.82 Å². The number of nitrogens with zero attached hydrogens (tertiary/aromatic N) is 3. The Bertz CT molecular complexity index is 898. The van der Waals surface area contributed by atoms with E-state index in [4.69, 9.17) is 0 Å². The van der Waals surface area contributed by atoms with Gasteiger partial charge in [-0.15, -0.1) is 0 Å². The zero-order chi connectivity index (χ0) is 21.0. The van der Waals surface area contributed by atoms with Crippen LogP contribution >= 0.6 is 0 Å². The van der Waals surface area contributed by atoms with E-state index in [2.05, 4.69) is 27.2 Å². The molecule has 0 unspecified atom stereocenters. The van der Waals surface area contributed by atoms with Crippen LogP contribution in [0, 0.1) is 0 Å². The van der Waals surface area contributed by atoms with Gasteiger partial charge in [-0.05, 0) is 36.8 Å². The fourth-order valence-corrected chi connectivity index (χ4v) is 2.89. The summed E-state index contributed by atoms with van der Waals surface area (Å²) < 4.78 is 37.6. The van der Waals surface area contributed by atoms with E-state index in [1.807, 2.05) is 0 Å². The number of hydrogen-bond acceptors (Lipinski definition) is 5. The first-order chi connectivity index (χ1) is 13.8. The van der Waals surface area contributed by atoms with Gasteiger partial charge in [-0.25, -0.2) is 9.97 Å². The van der Waals surface area contributed by atoms with Gasteiger partial charge in [0, 0.05) is 30.4 Å². The molecule has 2 amide bonds. The van der Waals surface area contributed by atoms with Crippen LogP contribution in [0.15, 0.2) is 49.3 Å². The minimum atomic E-state index is -4.54. The molecule has 7 nitrogen and oxygen atoms in total. The molecule has 0 spiro atoms. The van der Waals surface area contributed by atoms with Crippen LogP contribution in [0.5, 0.6) is 0 Å². The molecule has 1 aliphatic rings. The number of halogens is 3. The van der Waals surface area contributed by atoms with Gasteiger partial charge >= 0.3 is 6.18 Å². The largest absolute Gasteiger partial charge is 0.434 e. The van der Waals surface area contributed by atoms with Crippen LogP contribution in [0.3, 0.4) is 0 Å². The maximum Gasteiger partial charge on any atom is 0.434 e. The predicted molar refractivity (Wildman–Crippen MR) is 100 cm³/mol. The molecule has 1 aliphatic heterocycles. The lowest BCUT2D eigenvalue weighted by atomic mass is 10.2. The number of benzene rings is 1. The van der Waals surface area contributed by atoms with Crippen LogP contribution in [0.4, 0.5) is 24.7 Å². The fraction of sp³-hybridized carbons (Fsp3) is 0.263. The second-order valence-corrected chi connectivity index (χ2v) is 6.44. The van der Waals surface area contributed by atoms with Crippen LogP contribution < -0.4 is 10.6 Å². The number of carbonyl (C=O) groups is 2. The molecular weight excluding hydrogens is 387 g/mol. The van der Waals surface area contributed by atoms with Crippen molar-refractivity contribution >= 4 is 23.3 Å². The maximum atomic E-state index is 12.6. The zero-order valence-corrected chi connectivity index (χ0v) is 15.2. The third-order valence-corrected chi connectivity index (χ3v) is 4.35. The van der Waals surface area contributed by atoms with Gasteiger partial charge in [0.2, 0.25) is 5.91 Å². The Labute approximate surface area is 164 Å². The highest BCUT2D eigenvalue weighted by Crippen LogP contribution is 2.27. The van der Waals surface area contributed by atoms with E-state index in [1.165, 1.54) is 0 Å². The molecule has 2 N–H and O–H groups in total. The Hall–Kier alpha value is -3.43. The van der Waals surface area contributed by atoms with Gasteiger partial charge in [0.25, 0.3) is 5.91 Å². The molecule has 1 fully saturated rings. The van der Waals surface area contributed by atoms with Crippen molar-refractivity contribution in [2.75, 3.05) is 23.7 Å². The molecule has 0 aliphatic carbocycles. The van der Waals surface area contributed by atoms with Crippen molar-refractivity contribution in [1.82, 2.24) is 14.9 Å². The predicted octanol–water partition coefficient (Wildman–Crippen LogP) is 2.95. The van der Waals surface area contributed by atoms with Crippen molar-refractivity contribution in [3.05, 3.63) is 60.6 Å². The number of carbonyl (C=O) groups excluding carboxylic acids is 2. The van der Waals surface area contributed by atoms with E-state index >= 15 is 0 Å². The van der Waals surface area contributed by atoms with E-state index < -0.39 is 11.9 Å². The summed E-state index contributed by atoms with van der Waals surface area (Å²) >= 11 is 0. The number of hydrogen-bond donors (Lipinski definition) is 2. The molecule has 1 aromatic heterocycles. The summed E-state index contributed by atoms with van der Waals surface area (Å²) in [5, 5.41) is 5.60. The van der Waals surface area contributed by atoms with Gasteiger partial charge in [0.15, 0.2) is 5.69 Å². The number of likely N-dealkylation sites (tertiary alicyclic amines) is 1. The Morgan fingerprint density at radius 1 is 1.17 bits per heavy atom. The number of rotatable bonds is 5. The Morgan fingerprint density at radius 3 is 2.48 bits per heavy atom. The molecule has 152 valence electrons. The zero-order valence-electron chi connectivity index (χ0n) is 15.2. The lowest BCUT2D eigenvalue weighted by Gasteiger charge is -2.18. The average molecular weight is 405 g/mol. The van der Waals surface area contributed by atoms with Crippen molar-refractivity contribution in [1.29, 1.82) is 0 Å². The molecule has 10 heteroatoms. The van der Waals surface area contributed by atoms with Crippen molar-refractivity contribution in [2.45, 2.75) is 18.6 Å². The standard InChI is InChI=1S/C19H18F3N5O2/c1-2-17(28)26-13-5-3-12(4-6-13)18(29)27-8-7-14(11-27)25-16-10-23-15(9-24-16)19(20,21)22/h2-6,9-10,14H,1,7-8,11H2,(H,24,25)(H,26,28)/t14-/m1/s1. The van der Waals surface area contributed by atoms with Gasteiger partial charge < -0.3 is 15.5 Å². The summed E-state index contributed by atoms with van der Waals surface area (Å²) in [6.07, 6.45) is -1.05. The first kappa shape index (κ1) is 20.3. The van der Waals surface area contributed by atoms with Crippen LogP contribution in [0.25, 0.3) is 0 Å². The Kier molecular flexibility index (Phi) is 5.81. The Morgan fingerprint density at radius 2 is 1.90 bits per heavy atom. The van der Waals surface area contributed by atoms with Crippen molar-refractivity contribution in [3.63, 3.8) is 0 Å². The summed E-state index contributed by atoms with van der Waals surface area (Å²) in [5.74, 6) is -0.294. The van der Waals surface area contributed by atoms with Gasteiger partial charge in [-0.2, -0.15) is 13.2 Å². The van der Waals surface area contributed by atoms with E-state index in [0.29, 0.717) is 37.0 Å². The molecule has 2 aromatic rings. The lowest BCUT2D eigenvalue weighted by molar-refractivity contribution is -0.141. The van der Waals surface area contributed by atoms with Gasteiger partial charge in [-0.1, -0.05) is 6.58 Å². The molecule has 0 bridgehead atoms. The van der Waals surface area contributed by atoms with Crippen LogP contribution in [-0.2, 0) is 11.0 Å². The minimum absolute atomic E-state index is 0.142. The summed E-state index contributed by atoms with van der Waals surface area (Å²) in [5.41, 5.74) is -0.0381. The highest BCUT2D eigenvalue weighted by molar-refractivity contribution is 5.99. The smallest absolute Gasteiger partial charge is 0.364 e. The van der Waals surface area contributed by atoms with E-state index in [9.17, 15) is 22.8 Å². The number of alkyl halides is 3. The molecule has 3 rings (SSSR count). The second kappa shape index (κ2) is 8.29. The van der Waals surface area contributed by atoms with Crippen molar-refractivity contribution in [3.8, 4) is 0 Å². The third-order valence-electron chi connectivity index (χ3n) is 4.35. The van der Waals surface area contributed by atoms with Crippen molar-refractivity contribution < 1.29 is 22.8 Å². The molecule has 1 atom stereocenters. The van der Waals surface area contributed by atoms with Gasteiger partial charge in [0.05, 0.1) is 12.4 Å². The first-order valence-corrected chi connectivity index (χ1v) is 8.75. The van der Waals surface area contributed by atoms with E-state index in [0.717, 1.165) is 12.3 Å². The molecule has 1 saturated heterocycles. The average Bonchev–Trinajstić information content (AvgIpc) is 3.16. The lowest BCUT2D eigenvalue weighted by Crippen LogP contribution is -2.31. The third kappa shape index (κ3) is 5.09. The fourth-order valence-electron chi connectivity index (χ4n) is 2.89. The van der Waals surface area contributed by atoms with E-state index in [1.54, 1.807) is 29.2 Å². The SMILES string of the molecule is C=CC(=O)Nc1ccc(C(=O)N2CC[C@@H](Nc3cnc(C(F)(F)F)cn3)C2)cc1. The quantitative estimate of drug-likeness (QED) is 0.747. The summed E-state index contributed by atoms with van der Waals surface area (Å²) in [4.78, 5) is 32.7. The number of anilines is 2. The van der Waals surface area contributed by atoms with E-state index in [-0.39, 0.29) is 23.7 Å². The molecule has 0 saturated carbocycles. The normalized spacial score (nSPS) is 16.4. The van der Waals surface area contributed by atoms with Crippen LogP contribution in [0.1, 0.15) is 22.5 Å². The van der Waals surface area contributed by atoms with Crippen molar-refractivity contribution in [2.24, 2.45) is 0 Å². The minimum Gasteiger partial charge on any atom is -0.364 e. The summed E-state index contributed by atoms with van der Waals surface area (Å²) in [6.45, 7) is 4.25. The summed E-state index contributed by atoms with van der Waals surface area (Å²) in [6, 6.07) is 6.33. The molecule has 0 radical (unpaired) electrons. The highest BCUT2D eigenvalue weighted by atomic mass is 19.4. The monoisotopic (exact) mass is 405 g/mol. The second-order valence-electron chi connectivity index (χ2n) is 6.44. The summed E-state index contributed by atoms with van der Waals surface area (Å²) in [7, 11) is 0. The maximum absolute atomic E-state index is 12.6. The van der Waals surface area contributed by atoms with Gasteiger partial charge in [-0.3, -0.25) is 9.59 Å². The number of nitrogens with one attached hydrogen (secondary N) is 2.